The summed E-state index contributed by atoms with van der Waals surface area (Å²) in [5.41, 5.74) is 9.51. The molecule has 1 unspecified atom stereocenters. The molecule has 8 heteroatoms. The van der Waals surface area contributed by atoms with Gasteiger partial charge in [-0.05, 0) is 19.4 Å². The minimum atomic E-state index is -1.56. The Morgan fingerprint density at radius 3 is 2.65 bits per heavy atom. The summed E-state index contributed by atoms with van der Waals surface area (Å²) < 4.78 is 16.8. The molecule has 0 spiro atoms. The first-order valence-corrected chi connectivity index (χ1v) is 8.26. The minimum Gasteiger partial charge on any atom is -0.459 e. The number of carbonyl (C=O) groups is 2. The van der Waals surface area contributed by atoms with Crippen molar-refractivity contribution in [2.45, 2.75) is 36.6 Å². The van der Waals surface area contributed by atoms with Crippen LogP contribution >= 0.6 is 0 Å². The average Bonchev–Trinajstić information content (AvgIpc) is 2.72. The highest BCUT2D eigenvalue weighted by Crippen LogP contribution is 2.42. The van der Waals surface area contributed by atoms with Crippen molar-refractivity contribution < 1.29 is 23.3 Å². The lowest BCUT2D eigenvalue weighted by molar-refractivity contribution is -0.159. The number of nitrogens with zero attached hydrogens (tertiary/aromatic N) is 3. The maximum atomic E-state index is 12.5. The van der Waals surface area contributed by atoms with Crippen LogP contribution in [0, 0.1) is 0 Å². The maximum absolute atomic E-state index is 12.5. The first-order valence-electron chi connectivity index (χ1n) is 7.05. The zero-order valence-electron chi connectivity index (χ0n) is 12.6. The second kappa shape index (κ2) is 5.40. The summed E-state index contributed by atoms with van der Waals surface area (Å²) in [7, 11) is -1.56. The van der Waals surface area contributed by atoms with Crippen molar-refractivity contribution in [3.8, 4) is 0 Å². The molecule has 2 saturated heterocycles. The van der Waals surface area contributed by atoms with Gasteiger partial charge in [0.1, 0.15) is 12.6 Å². The third kappa shape index (κ3) is 2.22. The van der Waals surface area contributed by atoms with E-state index >= 15 is 0 Å². The fourth-order valence-electron chi connectivity index (χ4n) is 2.90. The molecule has 0 bridgehead atoms. The third-order valence-electron chi connectivity index (χ3n) is 4.15. The van der Waals surface area contributed by atoms with E-state index in [0.29, 0.717) is 0 Å². The van der Waals surface area contributed by atoms with Gasteiger partial charge in [-0.15, -0.1) is 0 Å². The van der Waals surface area contributed by atoms with Crippen molar-refractivity contribution in [1.29, 1.82) is 0 Å². The molecule has 2 heterocycles. The van der Waals surface area contributed by atoms with Crippen LogP contribution < -0.4 is 0 Å². The number of carbonyl (C=O) groups excluding carboxylic acids is 2. The maximum Gasteiger partial charge on any atom is 0.391 e. The van der Waals surface area contributed by atoms with Crippen molar-refractivity contribution in [2.75, 3.05) is 0 Å². The van der Waals surface area contributed by atoms with Gasteiger partial charge in [0.15, 0.2) is 0 Å². The van der Waals surface area contributed by atoms with Gasteiger partial charge >= 0.3 is 17.6 Å². The molecule has 2 aliphatic heterocycles. The van der Waals surface area contributed by atoms with Crippen LogP contribution in [0.3, 0.4) is 0 Å². The molecule has 1 aromatic carbocycles. The molecule has 1 aromatic rings. The lowest BCUT2D eigenvalue weighted by atomic mass is 9.97. The van der Waals surface area contributed by atoms with Gasteiger partial charge in [-0.1, -0.05) is 30.3 Å². The smallest absolute Gasteiger partial charge is 0.391 e. The van der Waals surface area contributed by atoms with Crippen molar-refractivity contribution in [3.63, 3.8) is 0 Å². The van der Waals surface area contributed by atoms with E-state index in [1.54, 1.807) is 13.8 Å². The van der Waals surface area contributed by atoms with Crippen LogP contribution in [0.1, 0.15) is 19.4 Å². The molecule has 3 rings (SSSR count). The lowest BCUT2D eigenvalue weighted by Gasteiger charge is -2.32. The van der Waals surface area contributed by atoms with Crippen molar-refractivity contribution in [1.82, 2.24) is 4.90 Å². The van der Waals surface area contributed by atoms with Gasteiger partial charge in [0.05, 0.1) is 15.5 Å². The summed E-state index contributed by atoms with van der Waals surface area (Å²) in [4.78, 5) is 28.5. The summed E-state index contributed by atoms with van der Waals surface area (Å²) in [5, 5.41) is -0.850. The van der Waals surface area contributed by atoms with Gasteiger partial charge in [0, 0.05) is 0 Å². The van der Waals surface area contributed by atoms with Gasteiger partial charge < -0.3 is 10.3 Å². The Hall–Kier alpha value is -2.31. The van der Waals surface area contributed by atoms with E-state index in [1.807, 2.05) is 30.3 Å². The Labute approximate surface area is 135 Å². The Balaban J connectivity index is 1.81. The molecule has 120 valence electrons. The largest absolute Gasteiger partial charge is 0.459 e. The zero-order chi connectivity index (χ0) is 16.8. The van der Waals surface area contributed by atoms with Crippen LogP contribution in [-0.2, 0) is 31.7 Å². The minimum absolute atomic E-state index is 0.0759. The molecule has 0 saturated carbocycles. The summed E-state index contributed by atoms with van der Waals surface area (Å²) in [6, 6.07) is 8.19. The predicted molar refractivity (Wildman–Crippen MR) is 81.5 cm³/mol. The Kier molecular flexibility index (Phi) is 3.66. The average molecular weight is 333 g/mol. The number of β-lactam (4-membered cyclic amide) rings is 1. The standard InChI is InChI=1S/C15H15N3O4S/c1-15(2)11(14(20)22-8-9-6-4-3-5-7-9)18-12(19)10(17-16)13(18)23(15)21/h3-7,11,13H,8H2,1-2H3/t11-,13+,23?/m0/s1. The van der Waals surface area contributed by atoms with Gasteiger partial charge in [-0.25, -0.2) is 4.79 Å². The van der Waals surface area contributed by atoms with E-state index in [9.17, 15) is 13.8 Å². The highest BCUT2D eigenvalue weighted by Gasteiger charge is 2.71. The monoisotopic (exact) mass is 333 g/mol. The van der Waals surface area contributed by atoms with Gasteiger partial charge in [-0.3, -0.25) is 13.9 Å². The van der Waals surface area contributed by atoms with Crippen molar-refractivity contribution in [2.24, 2.45) is 0 Å². The van der Waals surface area contributed by atoms with E-state index in [2.05, 4.69) is 4.79 Å². The molecule has 3 atom stereocenters. The lowest BCUT2D eigenvalue weighted by Crippen LogP contribution is -2.64. The van der Waals surface area contributed by atoms with E-state index in [4.69, 9.17) is 10.3 Å². The molecule has 1 amide bonds. The number of fused-ring (bicyclic) bond motifs is 1. The van der Waals surface area contributed by atoms with Crippen LogP contribution in [0.5, 0.6) is 0 Å². The molecule has 2 aliphatic rings. The normalized spacial score (nSPS) is 27.9. The Morgan fingerprint density at radius 2 is 2.04 bits per heavy atom. The summed E-state index contributed by atoms with van der Waals surface area (Å²) >= 11 is 0. The molecule has 23 heavy (non-hydrogen) atoms. The summed E-state index contributed by atoms with van der Waals surface area (Å²) in [5.74, 6) is -1.20. The first-order chi connectivity index (χ1) is 10.9. The van der Waals surface area contributed by atoms with Gasteiger partial charge in [-0.2, -0.15) is 4.79 Å². The van der Waals surface area contributed by atoms with E-state index < -0.39 is 38.8 Å². The van der Waals surface area contributed by atoms with E-state index in [-0.39, 0.29) is 12.3 Å². The van der Waals surface area contributed by atoms with Crippen molar-refractivity contribution in [3.05, 3.63) is 41.4 Å². The van der Waals surface area contributed by atoms with Crippen LogP contribution in [-0.4, -0.2) is 47.6 Å². The number of benzene rings is 1. The molecule has 0 aliphatic carbocycles. The second-order valence-corrected chi connectivity index (χ2v) is 8.04. The first kappa shape index (κ1) is 15.6. The fraction of sp³-hybridized carbons (Fsp3) is 0.400. The fourth-order valence-corrected chi connectivity index (χ4v) is 4.68. The molecule has 7 nitrogen and oxygen atoms in total. The molecule has 2 fully saturated rings. The van der Waals surface area contributed by atoms with Crippen molar-refractivity contribution >= 4 is 28.4 Å². The number of rotatable bonds is 3. The molecular formula is C15H15N3O4S. The van der Waals surface area contributed by atoms with Crippen LogP contribution in [0.25, 0.3) is 5.53 Å². The number of hydrogen-bond donors (Lipinski definition) is 0. The highest BCUT2D eigenvalue weighted by molar-refractivity contribution is 7.88. The predicted octanol–water partition coefficient (Wildman–Crippen LogP) is 0.478. The summed E-state index contributed by atoms with van der Waals surface area (Å²) in [6.45, 7) is 3.35. The Bertz CT molecular complexity index is 755. The Morgan fingerprint density at radius 1 is 1.39 bits per heavy atom. The topological polar surface area (TPSA) is 100 Å². The van der Waals surface area contributed by atoms with E-state index in [1.165, 1.54) is 4.90 Å². The quantitative estimate of drug-likeness (QED) is 0.347. The van der Waals surface area contributed by atoms with E-state index in [0.717, 1.165) is 5.56 Å². The van der Waals surface area contributed by atoms with Gasteiger partial charge in [0.25, 0.3) is 0 Å². The molecule has 0 radical (unpaired) electrons. The summed E-state index contributed by atoms with van der Waals surface area (Å²) in [6.07, 6.45) is 0. The molecular weight excluding hydrogens is 318 g/mol. The molecule has 0 N–H and O–H groups in total. The number of hydrogen-bond acceptors (Lipinski definition) is 4. The SMILES string of the molecule is CC1(C)[C@H](C(=O)OCc2ccccc2)N2C(=O)C(=[N+]=[N-])[C@H]2S1=O. The van der Waals surface area contributed by atoms with Gasteiger partial charge in [0.2, 0.25) is 5.37 Å². The number of amides is 1. The molecule has 0 aromatic heterocycles. The number of ether oxygens (including phenoxy) is 1. The van der Waals surface area contributed by atoms with Crippen LogP contribution in [0.4, 0.5) is 0 Å². The highest BCUT2D eigenvalue weighted by atomic mass is 32.2. The second-order valence-electron chi connectivity index (χ2n) is 5.95. The third-order valence-corrected chi connectivity index (χ3v) is 6.27. The zero-order valence-corrected chi connectivity index (χ0v) is 13.4. The number of esters is 1. The van der Waals surface area contributed by atoms with Crippen LogP contribution in [0.2, 0.25) is 0 Å². The van der Waals surface area contributed by atoms with Crippen LogP contribution in [0.15, 0.2) is 30.3 Å².